The van der Waals surface area contributed by atoms with Gasteiger partial charge in [0.25, 0.3) is 5.91 Å². The molecule has 284 valence electrons. The zero-order valence-electron chi connectivity index (χ0n) is 31.7. The summed E-state index contributed by atoms with van der Waals surface area (Å²) in [5.74, 6) is -2.61. The van der Waals surface area contributed by atoms with E-state index in [0.717, 1.165) is 25.7 Å². The van der Waals surface area contributed by atoms with E-state index in [2.05, 4.69) is 24.3 Å². The van der Waals surface area contributed by atoms with Crippen LogP contribution in [0.3, 0.4) is 0 Å². The lowest BCUT2D eigenvalue weighted by molar-refractivity contribution is -0.121. The van der Waals surface area contributed by atoms with Crippen LogP contribution < -0.4 is 11.1 Å². The first kappa shape index (κ1) is 43.1. The summed E-state index contributed by atoms with van der Waals surface area (Å²) in [6.45, 7) is 12.5. The van der Waals surface area contributed by atoms with Crippen molar-refractivity contribution in [3.05, 3.63) is 58.1 Å². The van der Waals surface area contributed by atoms with Crippen molar-refractivity contribution in [3.8, 4) is 0 Å². The van der Waals surface area contributed by atoms with Gasteiger partial charge in [0.05, 0.1) is 31.1 Å². The first-order chi connectivity index (χ1) is 24.2. The van der Waals surface area contributed by atoms with Crippen LogP contribution in [0.15, 0.2) is 63.2 Å². The number of nitrogens with two attached hydrogens (primary N) is 1. The monoisotopic (exact) mass is 714 g/mol. The summed E-state index contributed by atoms with van der Waals surface area (Å²) in [6.07, 6.45) is 7.45. The molecule has 6 atom stereocenters. The second-order valence-electron chi connectivity index (χ2n) is 13.2. The topological polar surface area (TPSA) is 179 Å². The summed E-state index contributed by atoms with van der Waals surface area (Å²) in [6, 6.07) is 0. The number of carbonyl (C=O) groups excluding carboxylic acids is 4. The molecule has 6 unspecified atom stereocenters. The average molecular weight is 715 g/mol. The minimum atomic E-state index is -1.01. The molecule has 0 aromatic heterocycles. The molecule has 1 aliphatic heterocycles. The molecule has 0 saturated heterocycles. The maximum Gasteiger partial charge on any atom is 0.405 e. The second-order valence-corrected chi connectivity index (χ2v) is 13.2. The fourth-order valence-corrected chi connectivity index (χ4v) is 6.04. The van der Waals surface area contributed by atoms with Gasteiger partial charge < -0.3 is 35.1 Å². The van der Waals surface area contributed by atoms with Crippen LogP contribution in [0.1, 0.15) is 80.1 Å². The Hall–Kier alpha value is -4.07. The minimum absolute atomic E-state index is 0.0831. The normalized spacial score (nSPS) is 25.9. The zero-order valence-corrected chi connectivity index (χ0v) is 31.7. The van der Waals surface area contributed by atoms with Gasteiger partial charge in [-0.25, -0.2) is 4.79 Å². The summed E-state index contributed by atoms with van der Waals surface area (Å²) in [7, 11) is 4.26. The molecule has 13 heteroatoms. The summed E-state index contributed by atoms with van der Waals surface area (Å²) in [5.41, 5.74) is 6.02. The van der Waals surface area contributed by atoms with E-state index in [0.29, 0.717) is 25.1 Å². The van der Waals surface area contributed by atoms with Gasteiger partial charge in [0.15, 0.2) is 11.9 Å². The molecule has 0 saturated carbocycles. The number of carbonyl (C=O) groups is 4. The maximum atomic E-state index is 14.3. The highest BCUT2D eigenvalue weighted by molar-refractivity contribution is 6.32. The van der Waals surface area contributed by atoms with Gasteiger partial charge in [0, 0.05) is 44.4 Å². The Bertz CT molecular complexity index is 1420. The van der Waals surface area contributed by atoms with Gasteiger partial charge in [-0.05, 0) is 51.0 Å². The summed E-state index contributed by atoms with van der Waals surface area (Å²) in [4.78, 5) is 53.7. The molecule has 2 rings (SSSR count). The molecule has 0 aromatic rings. The highest BCUT2D eigenvalue weighted by Gasteiger charge is 2.38. The molecular formula is C38H58N4O9. The highest BCUT2D eigenvalue weighted by atomic mass is 16.6. The number of primary amides is 1. The Morgan fingerprint density at radius 1 is 1.06 bits per heavy atom. The highest BCUT2D eigenvalue weighted by Crippen LogP contribution is 2.31. The van der Waals surface area contributed by atoms with E-state index in [1.54, 1.807) is 39.0 Å². The largest absolute Gasteiger partial charge is 0.492 e. The van der Waals surface area contributed by atoms with E-state index >= 15 is 0 Å². The third-order valence-corrected chi connectivity index (χ3v) is 9.03. The predicted octanol–water partition coefficient (Wildman–Crippen LogP) is 4.67. The molecule has 1 aliphatic carbocycles. The number of amides is 2. The van der Waals surface area contributed by atoms with E-state index in [1.807, 2.05) is 11.9 Å². The van der Waals surface area contributed by atoms with Crippen LogP contribution in [0.2, 0.25) is 0 Å². The van der Waals surface area contributed by atoms with Crippen molar-refractivity contribution in [3.63, 3.8) is 0 Å². The van der Waals surface area contributed by atoms with E-state index in [9.17, 15) is 24.3 Å². The third kappa shape index (κ3) is 12.3. The number of hydrazone groups is 1. The molecule has 4 N–H and O–H groups in total. The van der Waals surface area contributed by atoms with Crippen LogP contribution in [0, 0.1) is 11.8 Å². The van der Waals surface area contributed by atoms with Gasteiger partial charge in [0.2, 0.25) is 11.6 Å². The number of allylic oxidation sites excluding steroid dienone is 4. The van der Waals surface area contributed by atoms with Crippen LogP contribution in [0.25, 0.3) is 0 Å². The maximum absolute atomic E-state index is 14.3. The second kappa shape index (κ2) is 21.3. The number of nitrogens with zero attached hydrogens (tertiary/aromatic N) is 2. The number of rotatable bonds is 12. The first-order valence-electron chi connectivity index (χ1n) is 17.7. The Morgan fingerprint density at radius 2 is 1.71 bits per heavy atom. The molecule has 1 heterocycles. The lowest BCUT2D eigenvalue weighted by Gasteiger charge is -2.30. The van der Waals surface area contributed by atoms with Gasteiger partial charge in [-0.15, -0.1) is 0 Å². The number of ketones is 2. The average Bonchev–Trinajstić information content (AvgIpc) is 3.09. The van der Waals surface area contributed by atoms with Crippen molar-refractivity contribution in [2.24, 2.45) is 22.7 Å². The molecule has 0 aromatic carbocycles. The lowest BCUT2D eigenvalue weighted by atomic mass is 9.84. The van der Waals surface area contributed by atoms with Gasteiger partial charge in [-0.2, -0.15) is 5.10 Å². The number of ether oxygens (including phenoxy) is 4. The quantitative estimate of drug-likeness (QED) is 0.111. The Balaban J connectivity index is 2.77. The number of methoxy groups -OCH3 is 3. The predicted molar refractivity (Wildman–Crippen MR) is 195 cm³/mol. The SMILES string of the molecule is CCCCN(CCCC)/N=C\C1=C2NC(=O)C(C)=CC=CC(OC)C(OC(N)=O)C(C)=CC(C)C(O)C(OC)CC(C)CC(=C(OC)C1=O)C2=O. The van der Waals surface area contributed by atoms with Crippen LogP contribution in [0.5, 0.6) is 0 Å². The smallest absolute Gasteiger partial charge is 0.405 e. The first-order valence-corrected chi connectivity index (χ1v) is 17.7. The van der Waals surface area contributed by atoms with Crippen LogP contribution in [-0.4, -0.2) is 98.7 Å². The van der Waals surface area contributed by atoms with E-state index in [1.165, 1.54) is 33.6 Å². The molecule has 2 aliphatic rings. The van der Waals surface area contributed by atoms with Crippen molar-refractivity contribution >= 4 is 29.8 Å². The molecule has 0 fully saturated rings. The third-order valence-electron chi connectivity index (χ3n) is 9.03. The van der Waals surface area contributed by atoms with Crippen LogP contribution in [0.4, 0.5) is 4.79 Å². The van der Waals surface area contributed by atoms with Gasteiger partial charge in [-0.1, -0.05) is 64.8 Å². The molecule has 2 amide bonds. The molecule has 13 nitrogen and oxygen atoms in total. The van der Waals surface area contributed by atoms with Gasteiger partial charge >= 0.3 is 6.09 Å². The number of aliphatic hydroxyl groups excluding tert-OH is 1. The van der Waals surface area contributed by atoms with E-state index in [4.69, 9.17) is 24.7 Å². The fraction of sp³-hybridized carbons (Fsp3) is 0.605. The zero-order chi connectivity index (χ0) is 38.2. The lowest BCUT2D eigenvalue weighted by Crippen LogP contribution is -2.38. The molecule has 0 radical (unpaired) electrons. The number of nitrogens with one attached hydrogen (secondary N) is 1. The van der Waals surface area contributed by atoms with Crippen molar-refractivity contribution in [1.82, 2.24) is 10.3 Å². The number of hydrogen-bond donors (Lipinski definition) is 3. The number of fused-ring (bicyclic) bond motifs is 2. The number of Topliss-reactive ketones (excluding diaryl/α,β-unsaturated/α-hetero) is 2. The number of hydrogen-bond acceptors (Lipinski definition) is 11. The standard InChI is InChI=1S/C38H58N4O9/c1-10-12-17-42(18-13-11-2)40-22-28-31-33(44)27(36(50-9)34(28)45)19-23(3)20-30(49-8)32(43)25(5)21-26(6)35(51-38(39)47)29(48-7)16-14-15-24(4)37(46)41-31/h14-16,21-23,25,29-30,32,35,43H,10-13,17-20H2,1-9H3,(H2,39,47)(H,41,46)/b16-14?,24-15?,26-21?,40-22-. The Kier molecular flexibility index (Phi) is 18.0. The molecule has 2 bridgehead atoms. The minimum Gasteiger partial charge on any atom is -0.492 e. The summed E-state index contributed by atoms with van der Waals surface area (Å²) < 4.78 is 22.3. The Morgan fingerprint density at radius 3 is 2.25 bits per heavy atom. The molecular weight excluding hydrogens is 656 g/mol. The number of unbranched alkanes of at least 4 members (excludes halogenated alkanes) is 2. The fourth-order valence-electron chi connectivity index (χ4n) is 6.04. The van der Waals surface area contributed by atoms with Gasteiger partial charge in [-0.3, -0.25) is 19.4 Å². The van der Waals surface area contributed by atoms with Crippen LogP contribution in [-0.2, 0) is 33.3 Å². The molecule has 0 spiro atoms. The van der Waals surface area contributed by atoms with E-state index < -0.39 is 53.9 Å². The van der Waals surface area contributed by atoms with Gasteiger partial charge in [0.1, 0.15) is 11.8 Å². The Labute approximate surface area is 302 Å². The van der Waals surface area contributed by atoms with Crippen molar-refractivity contribution in [1.29, 1.82) is 0 Å². The van der Waals surface area contributed by atoms with Crippen molar-refractivity contribution < 1.29 is 43.2 Å². The van der Waals surface area contributed by atoms with Crippen molar-refractivity contribution in [2.75, 3.05) is 34.4 Å². The summed E-state index contributed by atoms with van der Waals surface area (Å²) >= 11 is 0. The molecule has 51 heavy (non-hydrogen) atoms. The van der Waals surface area contributed by atoms with Crippen molar-refractivity contribution in [2.45, 2.75) is 104 Å². The van der Waals surface area contributed by atoms with E-state index in [-0.39, 0.29) is 40.5 Å². The van der Waals surface area contributed by atoms with Crippen LogP contribution >= 0.6 is 0 Å². The number of aliphatic hydroxyl groups is 1. The summed E-state index contributed by atoms with van der Waals surface area (Å²) in [5, 5.41) is 20.5.